The Labute approximate surface area is 234 Å². The number of ether oxygens (including phenoxy) is 2. The Morgan fingerprint density at radius 2 is 1.82 bits per heavy atom. The van der Waals surface area contributed by atoms with Gasteiger partial charge in [-0.05, 0) is 67.1 Å². The summed E-state index contributed by atoms with van der Waals surface area (Å²) in [5.74, 6) is 0.616. The predicted molar refractivity (Wildman–Crippen MR) is 154 cm³/mol. The van der Waals surface area contributed by atoms with Gasteiger partial charge in [0.05, 0.1) is 29.3 Å². The molecule has 4 rings (SSSR count). The molecule has 0 radical (unpaired) electrons. The number of rotatable bonds is 14. The molecule has 1 aliphatic carbocycles. The van der Waals surface area contributed by atoms with E-state index >= 15 is 0 Å². The minimum Gasteiger partial charge on any atom is -0.484 e. The van der Waals surface area contributed by atoms with Crippen molar-refractivity contribution in [3.05, 3.63) is 70.4 Å². The molecule has 1 aromatic heterocycles. The molecule has 0 bridgehead atoms. The van der Waals surface area contributed by atoms with Crippen molar-refractivity contribution < 1.29 is 19.1 Å². The predicted octanol–water partition coefficient (Wildman–Crippen LogP) is 4.15. The van der Waals surface area contributed by atoms with E-state index in [1.165, 1.54) is 16.0 Å². The highest BCUT2D eigenvalue weighted by Crippen LogP contribution is 2.33. The molecule has 2 aromatic carbocycles. The summed E-state index contributed by atoms with van der Waals surface area (Å²) in [7, 11) is 1.96. The number of thiazole rings is 1. The van der Waals surface area contributed by atoms with Gasteiger partial charge < -0.3 is 25.4 Å². The van der Waals surface area contributed by atoms with Crippen LogP contribution in [0.25, 0.3) is 10.4 Å². The van der Waals surface area contributed by atoms with Crippen LogP contribution in [0.1, 0.15) is 54.1 Å². The van der Waals surface area contributed by atoms with Crippen LogP contribution in [0.3, 0.4) is 0 Å². The number of benzene rings is 2. The fourth-order valence-electron chi connectivity index (χ4n) is 4.81. The summed E-state index contributed by atoms with van der Waals surface area (Å²) in [6.07, 6.45) is 2.56. The molecule has 2 atom stereocenters. The van der Waals surface area contributed by atoms with Crippen LogP contribution >= 0.6 is 11.3 Å². The molecule has 3 N–H and O–H groups in total. The topological polar surface area (TPSA) is 102 Å². The second-order valence-electron chi connectivity index (χ2n) is 9.84. The van der Waals surface area contributed by atoms with Crippen molar-refractivity contribution in [3.8, 4) is 16.2 Å². The van der Waals surface area contributed by atoms with Gasteiger partial charge in [0.2, 0.25) is 5.91 Å². The Kier molecular flexibility index (Phi) is 10.5. The number of aromatic nitrogens is 1. The zero-order valence-electron chi connectivity index (χ0n) is 22.9. The first-order valence-electron chi connectivity index (χ1n) is 13.5. The van der Waals surface area contributed by atoms with Crippen molar-refractivity contribution in [2.24, 2.45) is 0 Å². The first-order valence-corrected chi connectivity index (χ1v) is 14.4. The van der Waals surface area contributed by atoms with E-state index in [4.69, 9.17) is 9.47 Å². The van der Waals surface area contributed by atoms with Crippen LogP contribution in [0.2, 0.25) is 0 Å². The van der Waals surface area contributed by atoms with Crippen molar-refractivity contribution >= 4 is 23.2 Å². The summed E-state index contributed by atoms with van der Waals surface area (Å²) in [6.45, 7) is 5.60. The number of amides is 2. The van der Waals surface area contributed by atoms with Gasteiger partial charge in [-0.2, -0.15) is 0 Å². The lowest BCUT2D eigenvalue weighted by Gasteiger charge is -2.13. The van der Waals surface area contributed by atoms with Gasteiger partial charge in [-0.15, -0.1) is 11.3 Å². The van der Waals surface area contributed by atoms with Crippen molar-refractivity contribution in [1.82, 2.24) is 20.9 Å². The van der Waals surface area contributed by atoms with Gasteiger partial charge in [-0.1, -0.05) is 37.3 Å². The standard InChI is InChI=1S/C30H38N4O4S/c1-20(22-4-6-24(7-5-22)30-21(2)34-19-39-30)16-28(35)32-12-14-37-15-13-33-29(36)18-38-25-10-8-23-9-11-27(31-3)26(23)17-25/h4-8,10,17,19-20,27,31H,9,11-16,18H2,1-3H3,(H,32,35)(H,33,36)/t20-,27+/m0/s1. The maximum Gasteiger partial charge on any atom is 0.258 e. The van der Waals surface area contributed by atoms with Gasteiger partial charge in [0.25, 0.3) is 5.91 Å². The third-order valence-corrected chi connectivity index (χ3v) is 8.01. The van der Waals surface area contributed by atoms with E-state index in [1.54, 1.807) is 11.3 Å². The Balaban J connectivity index is 1.05. The number of hydrogen-bond donors (Lipinski definition) is 3. The van der Waals surface area contributed by atoms with Crippen LogP contribution < -0.4 is 20.7 Å². The quantitative estimate of drug-likeness (QED) is 0.261. The maximum atomic E-state index is 12.3. The van der Waals surface area contributed by atoms with Crippen LogP contribution in [-0.4, -0.2) is 56.8 Å². The minimum atomic E-state index is -0.193. The van der Waals surface area contributed by atoms with Crippen LogP contribution in [-0.2, 0) is 20.7 Å². The normalized spacial score (nSPS) is 15.0. The monoisotopic (exact) mass is 550 g/mol. The zero-order valence-corrected chi connectivity index (χ0v) is 23.7. The summed E-state index contributed by atoms with van der Waals surface area (Å²) in [5, 5.41) is 9.01. The summed E-state index contributed by atoms with van der Waals surface area (Å²) in [5.41, 5.74) is 7.76. The molecule has 0 aliphatic heterocycles. The van der Waals surface area contributed by atoms with Gasteiger partial charge in [0.1, 0.15) is 5.75 Å². The largest absolute Gasteiger partial charge is 0.484 e. The second kappa shape index (κ2) is 14.2. The molecule has 39 heavy (non-hydrogen) atoms. The van der Waals surface area contributed by atoms with Crippen molar-refractivity contribution in [2.75, 3.05) is 40.0 Å². The number of fused-ring (bicyclic) bond motifs is 1. The fourth-order valence-corrected chi connectivity index (χ4v) is 5.62. The lowest BCUT2D eigenvalue weighted by Crippen LogP contribution is -2.33. The van der Waals surface area contributed by atoms with Crippen molar-refractivity contribution in [3.63, 3.8) is 0 Å². The van der Waals surface area contributed by atoms with Crippen molar-refractivity contribution in [1.29, 1.82) is 0 Å². The first kappa shape index (κ1) is 28.7. The van der Waals surface area contributed by atoms with E-state index in [-0.39, 0.29) is 24.3 Å². The molecule has 1 aliphatic rings. The van der Waals surface area contributed by atoms with E-state index in [2.05, 4.69) is 58.2 Å². The van der Waals surface area contributed by atoms with Crippen LogP contribution in [0.4, 0.5) is 0 Å². The highest BCUT2D eigenvalue weighted by Gasteiger charge is 2.21. The number of aryl methyl sites for hydroxylation is 2. The first-order chi connectivity index (χ1) is 18.9. The van der Waals surface area contributed by atoms with E-state index in [9.17, 15) is 9.59 Å². The second-order valence-corrected chi connectivity index (χ2v) is 10.7. The summed E-state index contributed by atoms with van der Waals surface area (Å²) >= 11 is 1.63. The Morgan fingerprint density at radius 1 is 1.08 bits per heavy atom. The van der Waals surface area contributed by atoms with E-state index < -0.39 is 0 Å². The SMILES string of the molecule is CN[C@@H]1CCc2ccc(OCC(=O)NCCOCCNC(=O)C[C@H](C)c3ccc(-c4scnc4C)cc3)cc21. The number of nitrogens with one attached hydrogen (secondary N) is 3. The maximum absolute atomic E-state index is 12.3. The Bertz CT molecular complexity index is 1240. The highest BCUT2D eigenvalue weighted by molar-refractivity contribution is 7.13. The number of hydrogen-bond acceptors (Lipinski definition) is 7. The lowest BCUT2D eigenvalue weighted by atomic mass is 9.96. The van der Waals surface area contributed by atoms with Gasteiger partial charge >= 0.3 is 0 Å². The third kappa shape index (κ3) is 8.11. The molecule has 8 nitrogen and oxygen atoms in total. The van der Waals surface area contributed by atoms with Crippen LogP contribution in [0.5, 0.6) is 5.75 Å². The molecule has 0 spiro atoms. The summed E-state index contributed by atoms with van der Waals surface area (Å²) < 4.78 is 11.2. The van der Waals surface area contributed by atoms with Gasteiger partial charge in [-0.25, -0.2) is 4.98 Å². The Morgan fingerprint density at radius 3 is 2.51 bits per heavy atom. The number of carbonyl (C=O) groups excluding carboxylic acids is 2. The molecular formula is C30H38N4O4S. The molecule has 1 heterocycles. The minimum absolute atomic E-state index is 0.00785. The van der Waals surface area contributed by atoms with Crippen LogP contribution in [0.15, 0.2) is 48.0 Å². The molecular weight excluding hydrogens is 512 g/mol. The molecule has 3 aromatic rings. The van der Waals surface area contributed by atoms with Gasteiger partial charge in [0, 0.05) is 25.6 Å². The number of carbonyl (C=O) groups is 2. The molecule has 0 fully saturated rings. The average molecular weight is 551 g/mol. The molecule has 0 saturated carbocycles. The molecule has 2 amide bonds. The van der Waals surface area contributed by atoms with E-state index in [1.807, 2.05) is 31.6 Å². The zero-order chi connectivity index (χ0) is 27.6. The average Bonchev–Trinajstić information content (AvgIpc) is 3.56. The summed E-state index contributed by atoms with van der Waals surface area (Å²) in [6, 6.07) is 14.7. The van der Waals surface area contributed by atoms with Crippen molar-refractivity contribution in [2.45, 2.75) is 45.1 Å². The lowest BCUT2D eigenvalue weighted by molar-refractivity contribution is -0.123. The molecule has 0 saturated heterocycles. The smallest absolute Gasteiger partial charge is 0.258 e. The Hall–Kier alpha value is -3.27. The van der Waals surface area contributed by atoms with E-state index in [0.29, 0.717) is 44.5 Å². The highest BCUT2D eigenvalue weighted by atomic mass is 32.1. The third-order valence-electron chi connectivity index (χ3n) is 7.03. The molecule has 0 unspecified atom stereocenters. The van der Waals surface area contributed by atoms with Crippen LogP contribution in [0, 0.1) is 6.92 Å². The number of nitrogens with zero attached hydrogens (tertiary/aromatic N) is 1. The fraction of sp³-hybridized carbons (Fsp3) is 0.433. The summed E-state index contributed by atoms with van der Waals surface area (Å²) in [4.78, 5) is 29.9. The van der Waals surface area contributed by atoms with E-state index in [0.717, 1.165) is 29.7 Å². The molecule has 9 heteroatoms. The van der Waals surface area contributed by atoms with Gasteiger partial charge in [-0.3, -0.25) is 9.59 Å². The van der Waals surface area contributed by atoms with Gasteiger partial charge in [0.15, 0.2) is 6.61 Å². The molecule has 208 valence electrons.